The molecule has 1 unspecified atom stereocenters. The van der Waals surface area contributed by atoms with Crippen LogP contribution in [0.25, 0.3) is 0 Å². The third-order valence-electron chi connectivity index (χ3n) is 4.94. The predicted octanol–water partition coefficient (Wildman–Crippen LogP) is 3.19. The Kier molecular flexibility index (Phi) is 6.07. The van der Waals surface area contributed by atoms with Crippen LogP contribution in [-0.2, 0) is 4.74 Å². The van der Waals surface area contributed by atoms with Crippen LogP contribution in [0.4, 0.5) is 16.2 Å². The zero-order chi connectivity index (χ0) is 21.2. The molecule has 1 saturated heterocycles. The standard InChI is InChI=1S/C20H28N4O5/c1-20(2,3)29-19(26)22-21-15-5-4-10-23(12-15)16-9-8-14(11-17(16)24(27)28)18(25)13-6-7-13/h8-9,11,13,15,21H,4-7,10,12H2,1-3H3,(H,22,26). The monoisotopic (exact) mass is 404 g/mol. The van der Waals surface area contributed by atoms with Crippen molar-refractivity contribution in [1.29, 1.82) is 0 Å². The first kappa shape index (κ1) is 21.0. The van der Waals surface area contributed by atoms with E-state index in [1.807, 2.05) is 4.90 Å². The number of hydrogen-bond acceptors (Lipinski definition) is 7. The van der Waals surface area contributed by atoms with E-state index >= 15 is 0 Å². The van der Waals surface area contributed by atoms with Gasteiger partial charge < -0.3 is 9.64 Å². The third kappa shape index (κ3) is 5.66. The molecule has 9 nitrogen and oxygen atoms in total. The average molecular weight is 404 g/mol. The van der Waals surface area contributed by atoms with Crippen molar-refractivity contribution in [2.24, 2.45) is 5.92 Å². The van der Waals surface area contributed by atoms with Gasteiger partial charge in [0.2, 0.25) is 0 Å². The summed E-state index contributed by atoms with van der Waals surface area (Å²) in [6, 6.07) is 4.66. The molecule has 29 heavy (non-hydrogen) atoms. The maximum absolute atomic E-state index is 12.3. The second-order valence-electron chi connectivity index (χ2n) is 8.66. The summed E-state index contributed by atoms with van der Waals surface area (Å²) in [5.74, 6) is 0.00217. The fourth-order valence-electron chi connectivity index (χ4n) is 3.45. The Balaban J connectivity index is 1.67. The molecule has 0 radical (unpaired) electrons. The highest BCUT2D eigenvalue weighted by atomic mass is 16.6. The predicted molar refractivity (Wildman–Crippen MR) is 108 cm³/mol. The lowest BCUT2D eigenvalue weighted by Gasteiger charge is -2.34. The minimum Gasteiger partial charge on any atom is -0.443 e. The molecular weight excluding hydrogens is 376 g/mol. The van der Waals surface area contributed by atoms with Crippen molar-refractivity contribution in [2.75, 3.05) is 18.0 Å². The summed E-state index contributed by atoms with van der Waals surface area (Å²) in [4.78, 5) is 37.2. The van der Waals surface area contributed by atoms with E-state index in [2.05, 4.69) is 10.9 Å². The molecule has 0 spiro atoms. The molecular formula is C20H28N4O5. The van der Waals surface area contributed by atoms with E-state index < -0.39 is 16.6 Å². The fourth-order valence-corrected chi connectivity index (χ4v) is 3.45. The normalized spacial score (nSPS) is 19.6. The Hall–Kier alpha value is -2.68. The van der Waals surface area contributed by atoms with Crippen LogP contribution in [0.2, 0.25) is 0 Å². The number of amides is 1. The first-order chi connectivity index (χ1) is 13.6. The van der Waals surface area contributed by atoms with E-state index in [1.165, 1.54) is 6.07 Å². The van der Waals surface area contributed by atoms with Gasteiger partial charge in [-0.25, -0.2) is 10.2 Å². The first-order valence-corrected chi connectivity index (χ1v) is 9.96. The number of hydrazine groups is 1. The third-order valence-corrected chi connectivity index (χ3v) is 4.94. The number of anilines is 1. The number of nitrogens with one attached hydrogen (secondary N) is 2. The Bertz CT molecular complexity index is 801. The quantitative estimate of drug-likeness (QED) is 0.425. The van der Waals surface area contributed by atoms with Crippen LogP contribution in [0.5, 0.6) is 0 Å². The smallest absolute Gasteiger partial charge is 0.422 e. The van der Waals surface area contributed by atoms with E-state index in [0.717, 1.165) is 25.7 Å². The Morgan fingerprint density at radius 1 is 1.24 bits per heavy atom. The summed E-state index contributed by atoms with van der Waals surface area (Å²) in [7, 11) is 0. The highest BCUT2D eigenvalue weighted by molar-refractivity contribution is 6.00. The van der Waals surface area contributed by atoms with Gasteiger partial charge in [-0.3, -0.25) is 20.3 Å². The van der Waals surface area contributed by atoms with Crippen LogP contribution >= 0.6 is 0 Å². The number of piperidine rings is 1. The maximum Gasteiger partial charge on any atom is 0.422 e. The van der Waals surface area contributed by atoms with Gasteiger partial charge in [-0.05, 0) is 58.6 Å². The number of carbonyl (C=O) groups excluding carboxylic acids is 2. The van der Waals surface area contributed by atoms with E-state index in [4.69, 9.17) is 4.74 Å². The molecule has 1 heterocycles. The van der Waals surface area contributed by atoms with E-state index in [1.54, 1.807) is 32.9 Å². The van der Waals surface area contributed by atoms with Gasteiger partial charge in [-0.2, -0.15) is 0 Å². The lowest BCUT2D eigenvalue weighted by molar-refractivity contribution is -0.384. The molecule has 9 heteroatoms. The topological polar surface area (TPSA) is 114 Å². The highest BCUT2D eigenvalue weighted by Crippen LogP contribution is 2.36. The number of hydrogen-bond donors (Lipinski definition) is 2. The summed E-state index contributed by atoms with van der Waals surface area (Å²) in [5, 5.41) is 11.6. The number of nitro groups is 1. The van der Waals surface area contributed by atoms with Crippen LogP contribution in [0, 0.1) is 16.0 Å². The van der Waals surface area contributed by atoms with Gasteiger partial charge in [-0.1, -0.05) is 0 Å². The van der Waals surface area contributed by atoms with Gasteiger partial charge in [0.1, 0.15) is 11.3 Å². The van der Waals surface area contributed by atoms with Crippen LogP contribution in [0.3, 0.4) is 0 Å². The van der Waals surface area contributed by atoms with E-state index in [-0.39, 0.29) is 23.4 Å². The molecule has 1 amide bonds. The molecule has 1 aromatic rings. The van der Waals surface area contributed by atoms with E-state index in [9.17, 15) is 19.7 Å². The highest BCUT2D eigenvalue weighted by Gasteiger charge is 2.33. The van der Waals surface area contributed by atoms with Crippen LogP contribution in [-0.4, -0.2) is 41.5 Å². The summed E-state index contributed by atoms with van der Waals surface area (Å²) in [6.45, 7) is 6.51. The SMILES string of the molecule is CC(C)(C)OC(=O)NNC1CCCN(c2ccc(C(=O)C3CC3)cc2[N+](=O)[O-])C1. The average Bonchev–Trinajstić information content (AvgIpc) is 3.49. The second kappa shape index (κ2) is 8.36. The molecule has 3 rings (SSSR count). The molecule has 2 fully saturated rings. The van der Waals surface area contributed by atoms with Gasteiger partial charge in [0, 0.05) is 36.7 Å². The lowest BCUT2D eigenvalue weighted by atomic mass is 10.0. The van der Waals surface area contributed by atoms with Crippen molar-refractivity contribution in [1.82, 2.24) is 10.9 Å². The number of carbonyl (C=O) groups is 2. The molecule has 2 aliphatic rings. The van der Waals surface area contributed by atoms with Crippen molar-refractivity contribution >= 4 is 23.3 Å². The lowest BCUT2D eigenvalue weighted by Crippen LogP contribution is -2.53. The number of benzene rings is 1. The van der Waals surface area contributed by atoms with Crippen LogP contribution in [0.1, 0.15) is 56.8 Å². The van der Waals surface area contributed by atoms with Gasteiger partial charge in [0.25, 0.3) is 5.69 Å². The van der Waals surface area contributed by atoms with Gasteiger partial charge in [-0.15, -0.1) is 0 Å². The Morgan fingerprint density at radius 3 is 2.59 bits per heavy atom. The minimum atomic E-state index is -0.593. The summed E-state index contributed by atoms with van der Waals surface area (Å²) in [5.41, 5.74) is 5.75. The molecule has 1 aromatic carbocycles. The Morgan fingerprint density at radius 2 is 1.97 bits per heavy atom. The molecule has 1 saturated carbocycles. The summed E-state index contributed by atoms with van der Waals surface area (Å²) in [6.07, 6.45) is 2.78. The number of ketones is 1. The van der Waals surface area contributed by atoms with Crippen molar-refractivity contribution in [2.45, 2.75) is 58.1 Å². The van der Waals surface area contributed by atoms with Gasteiger partial charge in [0.15, 0.2) is 5.78 Å². The van der Waals surface area contributed by atoms with Crippen molar-refractivity contribution < 1.29 is 19.2 Å². The number of Topliss-reactive ketones (excluding diaryl/α,β-unsaturated/α-hetero) is 1. The number of nitro benzene ring substituents is 1. The zero-order valence-corrected chi connectivity index (χ0v) is 17.1. The molecule has 0 bridgehead atoms. The molecule has 2 N–H and O–H groups in total. The van der Waals surface area contributed by atoms with Gasteiger partial charge >= 0.3 is 6.09 Å². The van der Waals surface area contributed by atoms with Crippen molar-refractivity contribution in [3.63, 3.8) is 0 Å². The Labute approximate surface area is 169 Å². The molecule has 1 aliphatic carbocycles. The zero-order valence-electron chi connectivity index (χ0n) is 17.1. The summed E-state index contributed by atoms with van der Waals surface area (Å²) < 4.78 is 5.20. The summed E-state index contributed by atoms with van der Waals surface area (Å²) >= 11 is 0. The molecule has 0 aromatic heterocycles. The number of ether oxygens (including phenoxy) is 1. The van der Waals surface area contributed by atoms with Crippen LogP contribution < -0.4 is 15.8 Å². The van der Waals surface area contributed by atoms with Crippen molar-refractivity contribution in [3.05, 3.63) is 33.9 Å². The first-order valence-electron chi connectivity index (χ1n) is 9.96. The largest absolute Gasteiger partial charge is 0.443 e. The van der Waals surface area contributed by atoms with Crippen LogP contribution in [0.15, 0.2) is 18.2 Å². The fraction of sp³-hybridized carbons (Fsp3) is 0.600. The van der Waals surface area contributed by atoms with E-state index in [0.29, 0.717) is 24.3 Å². The van der Waals surface area contributed by atoms with Crippen molar-refractivity contribution in [3.8, 4) is 0 Å². The number of rotatable bonds is 6. The molecule has 1 aliphatic heterocycles. The second-order valence-corrected chi connectivity index (χ2v) is 8.66. The molecule has 158 valence electrons. The number of nitrogens with zero attached hydrogens (tertiary/aromatic N) is 2. The maximum atomic E-state index is 12.3. The molecule has 1 atom stereocenters. The minimum absolute atomic E-state index is 0.0144. The van der Waals surface area contributed by atoms with Gasteiger partial charge in [0.05, 0.1) is 4.92 Å².